The zero-order valence-electron chi connectivity index (χ0n) is 22.0. The van der Waals surface area contributed by atoms with Crippen LogP contribution in [0.5, 0.6) is 0 Å². The summed E-state index contributed by atoms with van der Waals surface area (Å²) in [5.74, 6) is 0. The monoisotopic (exact) mass is 526 g/mol. The first-order chi connectivity index (χ1) is 15.1. The third-order valence-electron chi connectivity index (χ3n) is 8.48. The molecule has 0 aliphatic rings. The number of rotatable bonds is 4. The van der Waals surface area contributed by atoms with Crippen molar-refractivity contribution in [1.82, 2.24) is 0 Å². The van der Waals surface area contributed by atoms with E-state index in [2.05, 4.69) is 133 Å². The number of thiophene rings is 2. The molecule has 0 N–H and O–H groups in total. The van der Waals surface area contributed by atoms with Crippen LogP contribution in [-0.4, -0.2) is 16.1 Å². The van der Waals surface area contributed by atoms with E-state index in [-0.39, 0.29) is 0 Å². The molecule has 0 spiro atoms. The quantitative estimate of drug-likeness (QED) is 0.232. The van der Waals surface area contributed by atoms with Crippen molar-refractivity contribution >= 4 is 81.1 Å². The van der Waals surface area contributed by atoms with Gasteiger partial charge in [0, 0.05) is 10.2 Å². The normalized spacial score (nSPS) is 13.9. The molecule has 0 saturated carbocycles. The third kappa shape index (κ3) is 4.00. The maximum Gasteiger partial charge on any atom is 0.0987 e. The van der Waals surface area contributed by atoms with Gasteiger partial charge >= 0.3 is 0 Å². The molecule has 0 atom stereocenters. The van der Waals surface area contributed by atoms with Crippen LogP contribution in [-0.2, 0) is 0 Å². The lowest BCUT2D eigenvalue weighted by Gasteiger charge is -2.36. The van der Waals surface area contributed by atoms with Gasteiger partial charge in [-0.2, -0.15) is 0 Å². The molecule has 176 valence electrons. The van der Waals surface area contributed by atoms with E-state index in [1.807, 2.05) is 6.08 Å². The molecule has 0 radical (unpaired) electrons. The van der Waals surface area contributed by atoms with Crippen LogP contribution in [0.15, 0.2) is 43.0 Å². The maximum atomic E-state index is 3.95. The molecule has 0 fully saturated rings. The molecule has 0 amide bonds. The highest BCUT2D eigenvalue weighted by molar-refractivity contribution is 7.70. The van der Waals surface area contributed by atoms with Gasteiger partial charge in [-0.3, -0.25) is 0 Å². The molecule has 3 aromatic heterocycles. The Morgan fingerprint density at radius 3 is 1.45 bits per heavy atom. The van der Waals surface area contributed by atoms with E-state index in [9.17, 15) is 0 Å². The third-order valence-corrected chi connectivity index (χ3v) is 27.3. The molecule has 0 aliphatic carbocycles. The largest absolute Gasteiger partial charge is 0.143 e. The number of hydrogen-bond donors (Lipinski definition) is 0. The summed E-state index contributed by atoms with van der Waals surface area (Å²) >= 11 is 4.25. The predicted molar refractivity (Wildman–Crippen MR) is 165 cm³/mol. The van der Waals surface area contributed by atoms with Crippen LogP contribution in [0, 0.1) is 0 Å². The fourth-order valence-electron chi connectivity index (χ4n) is 3.94. The van der Waals surface area contributed by atoms with E-state index in [4.69, 9.17) is 0 Å². The number of benzene rings is 1. The second-order valence-corrected chi connectivity index (χ2v) is 28.1. The van der Waals surface area contributed by atoms with Gasteiger partial charge in [0.15, 0.2) is 0 Å². The summed E-state index contributed by atoms with van der Waals surface area (Å²) in [4.78, 5) is 0. The Labute approximate surface area is 211 Å². The minimum absolute atomic E-state index is 0.352. The van der Waals surface area contributed by atoms with Crippen LogP contribution < -0.4 is 9.00 Å². The number of fused-ring (bicyclic) bond motifs is 3. The topological polar surface area (TPSA) is 0 Å². The smallest absolute Gasteiger partial charge is 0.0987 e. The molecule has 0 nitrogen and oxygen atoms in total. The Bertz CT molecular complexity index is 1260. The molecule has 5 heteroatoms. The van der Waals surface area contributed by atoms with Gasteiger partial charge in [0.25, 0.3) is 0 Å². The molecule has 0 unspecified atom stereocenters. The Morgan fingerprint density at radius 2 is 1.12 bits per heavy atom. The molecular formula is C28H39PS2Si2. The lowest BCUT2D eigenvalue weighted by atomic mass is 10.2. The lowest BCUT2D eigenvalue weighted by Crippen LogP contribution is -2.47. The van der Waals surface area contributed by atoms with Crippen molar-refractivity contribution in [1.29, 1.82) is 0 Å². The minimum atomic E-state index is -1.57. The molecular weight excluding hydrogens is 488 g/mol. The first-order valence-electron chi connectivity index (χ1n) is 11.9. The Morgan fingerprint density at radius 1 is 0.727 bits per heavy atom. The van der Waals surface area contributed by atoms with Crippen molar-refractivity contribution in [3.8, 4) is 5.30 Å². The van der Waals surface area contributed by atoms with Crippen molar-refractivity contribution in [2.45, 2.75) is 77.8 Å². The maximum absolute atomic E-state index is 3.95. The highest BCUT2D eigenvalue weighted by atomic mass is 32.1. The molecule has 0 bridgehead atoms. The molecule has 4 aromatic rings. The SMILES string of the molecule is C=Cc1ccc(-p2c3cc([Si](C)(C)C(C)(C)C)sc3c3sc([Si](C)(C)C(C)(C)C)cc32)cc1. The van der Waals surface area contributed by atoms with Gasteiger partial charge in [-0.15, -0.1) is 22.7 Å². The van der Waals surface area contributed by atoms with E-state index in [1.54, 1.807) is 28.6 Å². The average Bonchev–Trinajstić information content (AvgIpc) is 3.37. The van der Waals surface area contributed by atoms with Crippen molar-refractivity contribution in [3.05, 3.63) is 48.5 Å². The number of hydrogen-bond acceptors (Lipinski definition) is 2. The molecule has 0 saturated heterocycles. The van der Waals surface area contributed by atoms with Crippen LogP contribution in [0.4, 0.5) is 0 Å². The summed E-state index contributed by atoms with van der Waals surface area (Å²) in [6, 6.07) is 14.5. The Balaban J connectivity index is 2.05. The fraction of sp³-hybridized carbons (Fsp3) is 0.429. The van der Waals surface area contributed by atoms with Crippen LogP contribution in [0.25, 0.3) is 31.0 Å². The van der Waals surface area contributed by atoms with E-state index in [0.717, 1.165) is 0 Å². The standard InChI is InChI=1S/C28H39PS2Si2/c1-12-19-13-15-20(16-14-19)29-21-17-23(32(8,9)27(2,3)4)30-25(21)26-22(29)18-24(31-26)33(10,11)28(5,6)7/h12-18H,1H2,2-11H3. The van der Waals surface area contributed by atoms with Gasteiger partial charge in [0.2, 0.25) is 0 Å². The zero-order valence-corrected chi connectivity index (χ0v) is 26.5. The highest BCUT2D eigenvalue weighted by Gasteiger charge is 2.41. The summed E-state index contributed by atoms with van der Waals surface area (Å²) in [7, 11) is -3.63. The van der Waals surface area contributed by atoms with Crippen molar-refractivity contribution in [3.63, 3.8) is 0 Å². The summed E-state index contributed by atoms with van der Waals surface area (Å²) in [6.45, 7) is 28.8. The van der Waals surface area contributed by atoms with Gasteiger partial charge in [-0.25, -0.2) is 0 Å². The van der Waals surface area contributed by atoms with E-state index in [1.165, 1.54) is 10.9 Å². The average molecular weight is 527 g/mol. The lowest BCUT2D eigenvalue weighted by molar-refractivity contribution is 0.730. The summed E-state index contributed by atoms with van der Waals surface area (Å²) in [5.41, 5.74) is 1.20. The van der Waals surface area contributed by atoms with Crippen molar-refractivity contribution in [2.75, 3.05) is 0 Å². The first kappa shape index (κ1) is 25.2. The molecule has 1 aromatic carbocycles. The van der Waals surface area contributed by atoms with Gasteiger partial charge in [-0.05, 0) is 42.1 Å². The van der Waals surface area contributed by atoms with Gasteiger partial charge in [0.1, 0.15) is 0 Å². The van der Waals surface area contributed by atoms with Crippen LogP contribution >= 0.6 is 30.2 Å². The highest BCUT2D eigenvalue weighted by Crippen LogP contribution is 2.58. The Kier molecular flexibility index (Phi) is 6.16. The fourth-order valence-corrected chi connectivity index (χ4v) is 16.5. The summed E-state index contributed by atoms with van der Waals surface area (Å²) in [6.07, 6.45) is 1.95. The molecule has 4 rings (SSSR count). The van der Waals surface area contributed by atoms with Crippen molar-refractivity contribution in [2.24, 2.45) is 0 Å². The zero-order chi connectivity index (χ0) is 24.6. The van der Waals surface area contributed by atoms with Crippen LogP contribution in [0.3, 0.4) is 0 Å². The van der Waals surface area contributed by atoms with Crippen molar-refractivity contribution < 1.29 is 0 Å². The van der Waals surface area contributed by atoms with Crippen LogP contribution in [0.2, 0.25) is 36.3 Å². The minimum Gasteiger partial charge on any atom is -0.143 e. The van der Waals surface area contributed by atoms with E-state index < -0.39 is 23.7 Å². The second-order valence-electron chi connectivity index (χ2n) is 12.5. The van der Waals surface area contributed by atoms with Gasteiger partial charge in [-0.1, -0.05) is 112 Å². The molecule has 0 aliphatic heterocycles. The van der Waals surface area contributed by atoms with E-state index in [0.29, 0.717) is 10.1 Å². The summed E-state index contributed by atoms with van der Waals surface area (Å²) in [5, 5.41) is 5.41. The second kappa shape index (κ2) is 8.06. The van der Waals surface area contributed by atoms with Gasteiger partial charge in [0.05, 0.1) is 25.5 Å². The van der Waals surface area contributed by atoms with Crippen LogP contribution in [0.1, 0.15) is 47.1 Å². The summed E-state index contributed by atoms with van der Waals surface area (Å²) < 4.78 is 6.50. The molecule has 3 heterocycles. The Hall–Kier alpha value is -0.906. The predicted octanol–water partition coefficient (Wildman–Crippen LogP) is 10.2. The first-order valence-corrected chi connectivity index (χ1v) is 20.9. The van der Waals surface area contributed by atoms with E-state index >= 15 is 0 Å². The van der Waals surface area contributed by atoms with Gasteiger partial charge < -0.3 is 0 Å². The molecule has 33 heavy (non-hydrogen) atoms.